The predicted molar refractivity (Wildman–Crippen MR) is 70.3 cm³/mol. The number of likely N-dealkylation sites (N-methyl/N-ethyl adjacent to an activating group) is 1. The zero-order valence-electron chi connectivity index (χ0n) is 10.8. The smallest absolute Gasteiger partial charge is 0.239 e. The lowest BCUT2D eigenvalue weighted by Gasteiger charge is -2.17. The first-order valence-electron chi connectivity index (χ1n) is 5.79. The first-order chi connectivity index (χ1) is 8.67. The molecule has 0 unspecified atom stereocenters. The fourth-order valence-electron chi connectivity index (χ4n) is 1.41. The summed E-state index contributed by atoms with van der Waals surface area (Å²) < 4.78 is 4.85. The highest BCUT2D eigenvalue weighted by Gasteiger charge is 2.07. The van der Waals surface area contributed by atoms with E-state index in [1.54, 1.807) is 18.2 Å². The third-order valence-electron chi connectivity index (χ3n) is 2.45. The van der Waals surface area contributed by atoms with E-state index in [1.165, 1.54) is 0 Å². The van der Waals surface area contributed by atoms with Crippen LogP contribution in [-0.2, 0) is 16.1 Å². The minimum atomic E-state index is -0.0562. The van der Waals surface area contributed by atoms with Crippen LogP contribution < -0.4 is 16.0 Å². The van der Waals surface area contributed by atoms with E-state index < -0.39 is 0 Å². The van der Waals surface area contributed by atoms with Crippen LogP contribution in [0, 0.1) is 0 Å². The number of ether oxygens (including phenoxy) is 1. The lowest BCUT2D eigenvalue weighted by molar-refractivity contribution is -0.119. The van der Waals surface area contributed by atoms with E-state index in [9.17, 15) is 4.79 Å². The second-order valence-electron chi connectivity index (χ2n) is 3.93. The van der Waals surface area contributed by atoms with Gasteiger partial charge >= 0.3 is 0 Å². The first-order valence-corrected chi connectivity index (χ1v) is 5.79. The molecule has 6 nitrogen and oxygen atoms in total. The number of methoxy groups -OCH3 is 1. The molecule has 0 spiro atoms. The Morgan fingerprint density at radius 1 is 1.56 bits per heavy atom. The van der Waals surface area contributed by atoms with E-state index in [0.29, 0.717) is 19.7 Å². The van der Waals surface area contributed by atoms with Crippen molar-refractivity contribution in [1.29, 1.82) is 0 Å². The summed E-state index contributed by atoms with van der Waals surface area (Å²) in [5, 5.41) is 2.75. The summed E-state index contributed by atoms with van der Waals surface area (Å²) in [4.78, 5) is 17.6. The number of nitrogens with zero attached hydrogens (tertiary/aromatic N) is 2. The number of hydrogen-bond acceptors (Lipinski definition) is 5. The van der Waals surface area contributed by atoms with Crippen molar-refractivity contribution in [3.63, 3.8) is 0 Å². The van der Waals surface area contributed by atoms with Crippen molar-refractivity contribution in [3.8, 4) is 0 Å². The molecule has 0 aliphatic carbocycles. The van der Waals surface area contributed by atoms with Crippen molar-refractivity contribution in [2.45, 2.75) is 6.54 Å². The first kappa shape index (κ1) is 14.4. The number of rotatable bonds is 7. The van der Waals surface area contributed by atoms with Gasteiger partial charge in [0.25, 0.3) is 0 Å². The van der Waals surface area contributed by atoms with Crippen LogP contribution in [0.15, 0.2) is 18.3 Å². The maximum atomic E-state index is 11.6. The summed E-state index contributed by atoms with van der Waals surface area (Å²) in [5.41, 5.74) is 6.46. The van der Waals surface area contributed by atoms with Crippen LogP contribution >= 0.6 is 0 Å². The fourth-order valence-corrected chi connectivity index (χ4v) is 1.41. The van der Waals surface area contributed by atoms with Crippen molar-refractivity contribution in [3.05, 3.63) is 23.9 Å². The van der Waals surface area contributed by atoms with Gasteiger partial charge in [-0.15, -0.1) is 0 Å². The standard InChI is InChI=1S/C12H20N4O2/c1-16(9-12(17)14-5-6-18-2)11-4-3-10(7-13)8-15-11/h3-4,8H,5-7,9,13H2,1-2H3,(H,14,17). The summed E-state index contributed by atoms with van der Waals surface area (Å²) in [6.45, 7) is 1.76. The van der Waals surface area contributed by atoms with Gasteiger partial charge in [0, 0.05) is 33.4 Å². The predicted octanol–water partition coefficient (Wildman–Crippen LogP) is -0.261. The van der Waals surface area contributed by atoms with Gasteiger partial charge in [0.1, 0.15) is 5.82 Å². The molecule has 0 bridgehead atoms. The molecule has 1 amide bonds. The highest BCUT2D eigenvalue weighted by molar-refractivity contribution is 5.80. The molecule has 0 fully saturated rings. The lowest BCUT2D eigenvalue weighted by atomic mass is 10.3. The van der Waals surface area contributed by atoms with Crippen LogP contribution in [0.3, 0.4) is 0 Å². The number of nitrogens with two attached hydrogens (primary N) is 1. The number of nitrogens with one attached hydrogen (secondary N) is 1. The highest BCUT2D eigenvalue weighted by Crippen LogP contribution is 2.08. The molecule has 0 radical (unpaired) electrons. The monoisotopic (exact) mass is 252 g/mol. The molecule has 0 aliphatic heterocycles. The van der Waals surface area contributed by atoms with E-state index in [4.69, 9.17) is 10.5 Å². The van der Waals surface area contributed by atoms with E-state index in [1.807, 2.05) is 19.2 Å². The Labute approximate surface area is 107 Å². The van der Waals surface area contributed by atoms with E-state index in [2.05, 4.69) is 10.3 Å². The van der Waals surface area contributed by atoms with Gasteiger partial charge in [0.2, 0.25) is 5.91 Å². The average Bonchev–Trinajstić information content (AvgIpc) is 2.39. The Hall–Kier alpha value is -1.66. The van der Waals surface area contributed by atoms with Crippen molar-refractivity contribution in [2.24, 2.45) is 5.73 Å². The fraction of sp³-hybridized carbons (Fsp3) is 0.500. The molecule has 0 saturated heterocycles. The number of anilines is 1. The van der Waals surface area contributed by atoms with Crippen molar-refractivity contribution in [2.75, 3.05) is 38.8 Å². The SMILES string of the molecule is COCCNC(=O)CN(C)c1ccc(CN)cn1. The third-order valence-corrected chi connectivity index (χ3v) is 2.45. The topological polar surface area (TPSA) is 80.5 Å². The Morgan fingerprint density at radius 3 is 2.89 bits per heavy atom. The lowest BCUT2D eigenvalue weighted by Crippen LogP contribution is -2.36. The number of amides is 1. The van der Waals surface area contributed by atoms with E-state index in [0.717, 1.165) is 11.4 Å². The zero-order valence-corrected chi connectivity index (χ0v) is 10.8. The quantitative estimate of drug-likeness (QED) is 0.653. The molecule has 0 saturated carbocycles. The second kappa shape index (κ2) is 7.62. The minimum Gasteiger partial charge on any atom is -0.383 e. The number of pyridine rings is 1. The molecule has 6 heteroatoms. The summed E-state index contributed by atoms with van der Waals surface area (Å²) in [6, 6.07) is 3.76. The molecule has 0 atom stereocenters. The summed E-state index contributed by atoms with van der Waals surface area (Å²) in [7, 11) is 3.42. The van der Waals surface area contributed by atoms with Gasteiger partial charge in [0.15, 0.2) is 0 Å². The number of hydrogen-bond donors (Lipinski definition) is 2. The van der Waals surface area contributed by atoms with Crippen LogP contribution in [-0.4, -0.2) is 44.7 Å². The van der Waals surface area contributed by atoms with Crippen molar-refractivity contribution < 1.29 is 9.53 Å². The molecule has 100 valence electrons. The number of carbonyl (C=O) groups excluding carboxylic acids is 1. The van der Waals surface area contributed by atoms with Crippen LogP contribution in [0.1, 0.15) is 5.56 Å². The van der Waals surface area contributed by atoms with E-state index >= 15 is 0 Å². The summed E-state index contributed by atoms with van der Waals surface area (Å²) in [6.07, 6.45) is 1.72. The second-order valence-corrected chi connectivity index (χ2v) is 3.93. The van der Waals surface area contributed by atoms with Gasteiger partial charge in [-0.1, -0.05) is 6.07 Å². The van der Waals surface area contributed by atoms with Crippen LogP contribution in [0.5, 0.6) is 0 Å². The Bertz CT molecular complexity index is 367. The summed E-state index contributed by atoms with van der Waals surface area (Å²) >= 11 is 0. The van der Waals surface area contributed by atoms with Gasteiger partial charge in [-0.25, -0.2) is 4.98 Å². The Morgan fingerprint density at radius 2 is 2.33 bits per heavy atom. The van der Waals surface area contributed by atoms with Gasteiger partial charge < -0.3 is 20.7 Å². The normalized spacial score (nSPS) is 10.2. The van der Waals surface area contributed by atoms with Gasteiger partial charge in [-0.05, 0) is 11.6 Å². The van der Waals surface area contributed by atoms with Gasteiger partial charge in [-0.3, -0.25) is 4.79 Å². The molecular weight excluding hydrogens is 232 g/mol. The van der Waals surface area contributed by atoms with Crippen LogP contribution in [0.4, 0.5) is 5.82 Å². The van der Waals surface area contributed by atoms with Crippen molar-refractivity contribution >= 4 is 11.7 Å². The van der Waals surface area contributed by atoms with Crippen LogP contribution in [0.2, 0.25) is 0 Å². The maximum Gasteiger partial charge on any atom is 0.239 e. The summed E-state index contributed by atoms with van der Waals surface area (Å²) in [5.74, 6) is 0.688. The number of aromatic nitrogens is 1. The van der Waals surface area contributed by atoms with E-state index in [-0.39, 0.29) is 12.5 Å². The van der Waals surface area contributed by atoms with Gasteiger partial charge in [0.05, 0.1) is 13.2 Å². The molecule has 3 N–H and O–H groups in total. The molecule has 1 rings (SSSR count). The maximum absolute atomic E-state index is 11.6. The molecule has 1 aromatic heterocycles. The Kier molecular flexibility index (Phi) is 6.10. The third kappa shape index (κ3) is 4.68. The van der Waals surface area contributed by atoms with Gasteiger partial charge in [-0.2, -0.15) is 0 Å². The largest absolute Gasteiger partial charge is 0.383 e. The van der Waals surface area contributed by atoms with Crippen LogP contribution in [0.25, 0.3) is 0 Å². The highest BCUT2D eigenvalue weighted by atomic mass is 16.5. The average molecular weight is 252 g/mol. The van der Waals surface area contributed by atoms with Crippen molar-refractivity contribution in [1.82, 2.24) is 10.3 Å². The molecular formula is C12H20N4O2. The Balaban J connectivity index is 2.43. The zero-order chi connectivity index (χ0) is 13.4. The molecule has 18 heavy (non-hydrogen) atoms. The molecule has 1 aromatic rings. The minimum absolute atomic E-state index is 0.0562. The molecule has 1 heterocycles. The molecule has 0 aliphatic rings. The molecule has 0 aromatic carbocycles. The number of carbonyl (C=O) groups is 1.